The van der Waals surface area contributed by atoms with E-state index in [2.05, 4.69) is 0 Å². The fraction of sp³-hybridized carbons (Fsp3) is 0.581. The Kier molecular flexibility index (Phi) is 9.10. The molecule has 2 aromatic rings. The molecule has 3 aliphatic rings. The van der Waals surface area contributed by atoms with Gasteiger partial charge in [-0.15, -0.1) is 0 Å². The summed E-state index contributed by atoms with van der Waals surface area (Å²) < 4.78 is 76.3. The maximum absolute atomic E-state index is 15.0. The molecule has 2 saturated heterocycles. The minimum Gasteiger partial charge on any atom is -0.490 e. The first-order valence-corrected chi connectivity index (χ1v) is 14.6. The van der Waals surface area contributed by atoms with Crippen molar-refractivity contribution >= 4 is 5.91 Å². The van der Waals surface area contributed by atoms with Gasteiger partial charge in [0.15, 0.2) is 11.6 Å². The van der Waals surface area contributed by atoms with E-state index in [0.29, 0.717) is 69.7 Å². The lowest BCUT2D eigenvalue weighted by Gasteiger charge is -2.47. The zero-order valence-electron chi connectivity index (χ0n) is 23.8. The van der Waals surface area contributed by atoms with Gasteiger partial charge in [-0.25, -0.2) is 8.78 Å². The number of aliphatic hydroxyl groups excluding tert-OH is 1. The van der Waals surface area contributed by atoms with Gasteiger partial charge in [0.2, 0.25) is 5.91 Å². The number of hydrogen-bond donors (Lipinski definition) is 1. The smallest absolute Gasteiger partial charge is 0.395 e. The van der Waals surface area contributed by atoms with Crippen molar-refractivity contribution < 1.29 is 36.6 Å². The predicted molar refractivity (Wildman–Crippen MR) is 148 cm³/mol. The van der Waals surface area contributed by atoms with E-state index in [1.54, 1.807) is 21.9 Å². The van der Waals surface area contributed by atoms with E-state index in [9.17, 15) is 27.5 Å². The van der Waals surface area contributed by atoms with Gasteiger partial charge in [-0.05, 0) is 74.0 Å². The van der Waals surface area contributed by atoms with E-state index in [0.717, 1.165) is 0 Å². The molecule has 42 heavy (non-hydrogen) atoms. The Labute approximate surface area is 243 Å². The van der Waals surface area contributed by atoms with E-state index in [1.807, 2.05) is 4.90 Å². The van der Waals surface area contributed by atoms with Crippen LogP contribution in [0.1, 0.15) is 50.8 Å². The Bertz CT molecular complexity index is 1250. The Morgan fingerprint density at radius 3 is 2.12 bits per heavy atom. The fourth-order valence-corrected chi connectivity index (χ4v) is 6.27. The molecule has 230 valence electrons. The number of alkyl halides is 3. The van der Waals surface area contributed by atoms with Gasteiger partial charge < -0.3 is 19.6 Å². The largest absolute Gasteiger partial charge is 0.490 e. The van der Waals surface area contributed by atoms with Gasteiger partial charge in [0.25, 0.3) is 0 Å². The molecule has 1 saturated carbocycles. The first-order chi connectivity index (χ1) is 20.0. The van der Waals surface area contributed by atoms with Crippen LogP contribution in [0, 0.1) is 23.0 Å². The third kappa shape index (κ3) is 6.58. The molecule has 6 nitrogen and oxygen atoms in total. The zero-order valence-corrected chi connectivity index (χ0v) is 23.8. The Balaban J connectivity index is 1.13. The quantitative estimate of drug-likeness (QED) is 0.403. The lowest BCUT2D eigenvalue weighted by Crippen LogP contribution is -2.53. The van der Waals surface area contributed by atoms with Crippen molar-refractivity contribution in [3.05, 3.63) is 53.6 Å². The van der Waals surface area contributed by atoms with Gasteiger partial charge in [0.05, 0.1) is 12.0 Å². The minimum atomic E-state index is -4.17. The first kappa shape index (κ1) is 30.7. The number of carbonyl (C=O) groups is 1. The molecule has 0 bridgehead atoms. The molecule has 1 unspecified atom stereocenters. The number of halogens is 5. The number of piperazine rings is 1. The molecule has 11 heteroatoms. The van der Waals surface area contributed by atoms with Crippen LogP contribution < -0.4 is 4.74 Å². The molecular weight excluding hydrogens is 557 g/mol. The molecule has 2 heterocycles. The van der Waals surface area contributed by atoms with E-state index in [-0.39, 0.29) is 49.1 Å². The van der Waals surface area contributed by atoms with E-state index < -0.39 is 29.5 Å². The summed E-state index contributed by atoms with van der Waals surface area (Å²) in [4.78, 5) is 16.8. The highest BCUT2D eigenvalue weighted by Crippen LogP contribution is 2.53. The van der Waals surface area contributed by atoms with Crippen molar-refractivity contribution in [1.82, 2.24) is 14.7 Å². The van der Waals surface area contributed by atoms with Gasteiger partial charge in [-0.2, -0.15) is 13.2 Å². The van der Waals surface area contributed by atoms with Crippen LogP contribution in [0.5, 0.6) is 5.75 Å². The summed E-state index contributed by atoms with van der Waals surface area (Å²) in [6.45, 7) is 4.72. The molecule has 0 spiro atoms. The van der Waals surface area contributed by atoms with Crippen LogP contribution in [-0.4, -0.2) is 84.3 Å². The van der Waals surface area contributed by atoms with Gasteiger partial charge >= 0.3 is 6.18 Å². The van der Waals surface area contributed by atoms with Crippen molar-refractivity contribution in [2.45, 2.75) is 51.4 Å². The zero-order chi connectivity index (χ0) is 30.1. The van der Waals surface area contributed by atoms with Crippen LogP contribution >= 0.6 is 0 Å². The maximum atomic E-state index is 15.0. The molecule has 1 atom stereocenters. The van der Waals surface area contributed by atoms with Crippen LogP contribution in [0.3, 0.4) is 0 Å². The summed E-state index contributed by atoms with van der Waals surface area (Å²) >= 11 is 0. The van der Waals surface area contributed by atoms with Crippen LogP contribution in [-0.2, 0) is 4.79 Å². The second kappa shape index (κ2) is 12.5. The highest BCUT2D eigenvalue weighted by Gasteiger charge is 2.58. The molecule has 1 amide bonds. The van der Waals surface area contributed by atoms with Crippen LogP contribution in [0.4, 0.5) is 22.0 Å². The lowest BCUT2D eigenvalue weighted by molar-refractivity contribution is -0.256. The number of amides is 1. The van der Waals surface area contributed by atoms with Gasteiger partial charge in [0, 0.05) is 45.2 Å². The van der Waals surface area contributed by atoms with Crippen molar-refractivity contribution in [2.24, 2.45) is 11.3 Å². The SMILES string of the molecule is CC(=O)N1CCN(C(O)c2ccc(-c3ccc(OCC4CCN(CC5(C(F)(F)F)CCC5)CC4)c(F)c3)cc2F)CC1. The second-order valence-corrected chi connectivity index (χ2v) is 12.0. The van der Waals surface area contributed by atoms with Crippen molar-refractivity contribution in [3.8, 4) is 16.9 Å². The molecule has 0 aromatic heterocycles. The number of rotatable bonds is 8. The van der Waals surface area contributed by atoms with E-state index in [1.165, 1.54) is 31.2 Å². The van der Waals surface area contributed by atoms with Crippen molar-refractivity contribution in [2.75, 3.05) is 52.4 Å². The summed E-state index contributed by atoms with van der Waals surface area (Å²) in [5, 5.41) is 10.7. The lowest BCUT2D eigenvalue weighted by atomic mass is 9.67. The number of likely N-dealkylation sites (tertiary alicyclic amines) is 1. The average molecular weight is 596 g/mol. The Hall–Kier alpha value is -2.76. The third-order valence-corrected chi connectivity index (χ3v) is 9.27. The summed E-state index contributed by atoms with van der Waals surface area (Å²) in [5.41, 5.74) is -0.539. The topological polar surface area (TPSA) is 56.3 Å². The normalized spacial score (nSPS) is 21.2. The number of nitrogens with zero attached hydrogens (tertiary/aromatic N) is 3. The van der Waals surface area contributed by atoms with Gasteiger partial charge in [-0.1, -0.05) is 24.6 Å². The average Bonchev–Trinajstić information content (AvgIpc) is 2.94. The highest BCUT2D eigenvalue weighted by molar-refractivity contribution is 5.73. The third-order valence-electron chi connectivity index (χ3n) is 9.27. The van der Waals surface area contributed by atoms with Crippen molar-refractivity contribution in [1.29, 1.82) is 0 Å². The summed E-state index contributed by atoms with van der Waals surface area (Å²) in [5.74, 6) is -1.03. The fourth-order valence-electron chi connectivity index (χ4n) is 6.27. The number of benzene rings is 2. The molecule has 0 radical (unpaired) electrons. The number of aliphatic hydroxyl groups is 1. The molecule has 2 aromatic carbocycles. The molecule has 1 N–H and O–H groups in total. The summed E-state index contributed by atoms with van der Waals surface area (Å²) in [6.07, 6.45) is -2.91. The Morgan fingerprint density at radius 2 is 1.60 bits per heavy atom. The van der Waals surface area contributed by atoms with Crippen LogP contribution in [0.15, 0.2) is 36.4 Å². The monoisotopic (exact) mass is 595 g/mol. The molecule has 3 fully saturated rings. The van der Waals surface area contributed by atoms with Crippen LogP contribution in [0.25, 0.3) is 11.1 Å². The minimum absolute atomic E-state index is 0.0338. The van der Waals surface area contributed by atoms with Crippen LogP contribution in [0.2, 0.25) is 0 Å². The first-order valence-electron chi connectivity index (χ1n) is 14.6. The number of piperidine rings is 1. The maximum Gasteiger partial charge on any atom is 0.395 e. The van der Waals surface area contributed by atoms with Gasteiger partial charge in [-0.3, -0.25) is 9.69 Å². The number of carbonyl (C=O) groups excluding carboxylic acids is 1. The standard InChI is InChI=1S/C31H38F5N3O3/c1-21(40)38-13-15-39(16-14-38)29(41)25-5-3-23(17-26(25)32)24-4-6-28(27(33)18-24)42-19-22-7-11-37(12-8-22)20-30(9-2-10-30)31(34,35)36/h3-6,17-18,22,29,41H,2,7-16,19-20H2,1H3. The van der Waals surface area contributed by atoms with Gasteiger partial charge in [0.1, 0.15) is 12.0 Å². The second-order valence-electron chi connectivity index (χ2n) is 12.0. The molecular formula is C31H38F5N3O3. The Morgan fingerprint density at radius 1 is 0.976 bits per heavy atom. The molecule has 2 aliphatic heterocycles. The van der Waals surface area contributed by atoms with E-state index in [4.69, 9.17) is 4.74 Å². The highest BCUT2D eigenvalue weighted by atomic mass is 19.4. The summed E-state index contributed by atoms with van der Waals surface area (Å²) in [7, 11) is 0. The van der Waals surface area contributed by atoms with Crippen molar-refractivity contribution in [3.63, 3.8) is 0 Å². The predicted octanol–water partition coefficient (Wildman–Crippen LogP) is 5.61. The molecule has 1 aliphatic carbocycles. The summed E-state index contributed by atoms with van der Waals surface area (Å²) in [6, 6.07) is 8.80. The van der Waals surface area contributed by atoms with E-state index >= 15 is 4.39 Å². The number of ether oxygens (including phenoxy) is 1. The molecule has 5 rings (SSSR count). The number of hydrogen-bond acceptors (Lipinski definition) is 5.